The van der Waals surface area contributed by atoms with E-state index in [1.54, 1.807) is 0 Å². The Morgan fingerprint density at radius 1 is 1.50 bits per heavy atom. The molecule has 0 saturated heterocycles. The van der Waals surface area contributed by atoms with Crippen molar-refractivity contribution in [2.24, 2.45) is 7.05 Å². The zero-order chi connectivity index (χ0) is 10.4. The van der Waals surface area contributed by atoms with E-state index in [4.69, 9.17) is 0 Å². The molecule has 0 spiro atoms. The zero-order valence-corrected chi connectivity index (χ0v) is 9.45. The van der Waals surface area contributed by atoms with Crippen molar-refractivity contribution < 1.29 is 0 Å². The molecule has 14 heavy (non-hydrogen) atoms. The van der Waals surface area contributed by atoms with Crippen molar-refractivity contribution in [1.29, 1.82) is 0 Å². The molecule has 0 radical (unpaired) electrons. The number of hydrogen-bond donors (Lipinski definition) is 1. The van der Waals surface area contributed by atoms with Crippen molar-refractivity contribution >= 4 is 0 Å². The lowest BCUT2D eigenvalue weighted by Crippen LogP contribution is -2.30. The number of nitrogens with one attached hydrogen (secondary N) is 1. The Labute approximate surface area is 86.5 Å². The van der Waals surface area contributed by atoms with Crippen LogP contribution in [0, 0.1) is 0 Å². The first-order valence-electron chi connectivity index (χ1n) is 5.47. The third-order valence-electron chi connectivity index (χ3n) is 2.42. The maximum Gasteiger partial charge on any atom is 0.0522 e. The minimum absolute atomic E-state index is 0.596. The summed E-state index contributed by atoms with van der Waals surface area (Å²) in [6.07, 6.45) is 7.51. The van der Waals surface area contributed by atoms with Crippen molar-refractivity contribution in [2.75, 3.05) is 6.54 Å². The average Bonchev–Trinajstić information content (AvgIpc) is 2.58. The molecule has 0 aliphatic carbocycles. The van der Waals surface area contributed by atoms with E-state index in [1.165, 1.54) is 18.4 Å². The monoisotopic (exact) mass is 195 g/mol. The highest BCUT2D eigenvalue weighted by Gasteiger charge is 2.06. The Hall–Kier alpha value is -0.830. The van der Waals surface area contributed by atoms with E-state index in [9.17, 15) is 0 Å². The summed E-state index contributed by atoms with van der Waals surface area (Å²) in [5, 5.41) is 7.71. The van der Waals surface area contributed by atoms with Crippen LogP contribution in [0.1, 0.15) is 32.3 Å². The third-order valence-corrected chi connectivity index (χ3v) is 2.42. The Balaban J connectivity index is 2.40. The van der Waals surface area contributed by atoms with Gasteiger partial charge in [-0.05, 0) is 31.4 Å². The Bertz CT molecular complexity index is 255. The van der Waals surface area contributed by atoms with Crippen LogP contribution in [0.3, 0.4) is 0 Å². The van der Waals surface area contributed by atoms with E-state index >= 15 is 0 Å². The van der Waals surface area contributed by atoms with Crippen LogP contribution in [-0.2, 0) is 13.5 Å². The molecule has 0 aromatic carbocycles. The maximum absolute atomic E-state index is 4.17. The quantitative estimate of drug-likeness (QED) is 0.749. The first kappa shape index (κ1) is 11.2. The molecule has 3 heteroatoms. The van der Waals surface area contributed by atoms with E-state index in [-0.39, 0.29) is 0 Å². The smallest absolute Gasteiger partial charge is 0.0522 e. The minimum atomic E-state index is 0.596. The molecule has 0 bridgehead atoms. The van der Waals surface area contributed by atoms with Crippen molar-refractivity contribution in [1.82, 2.24) is 15.1 Å². The van der Waals surface area contributed by atoms with Crippen LogP contribution >= 0.6 is 0 Å². The molecule has 0 aliphatic heterocycles. The molecule has 0 amide bonds. The Kier molecular flexibility index (Phi) is 4.66. The van der Waals surface area contributed by atoms with Crippen molar-refractivity contribution in [3.05, 3.63) is 18.0 Å². The lowest BCUT2D eigenvalue weighted by Gasteiger charge is -2.15. The van der Waals surface area contributed by atoms with Crippen LogP contribution < -0.4 is 5.32 Å². The SMILES string of the molecule is CCCNC(CC)Cc1cnn(C)c1. The van der Waals surface area contributed by atoms with E-state index in [0.29, 0.717) is 6.04 Å². The normalized spacial score (nSPS) is 13.1. The van der Waals surface area contributed by atoms with Crippen LogP contribution in [-0.4, -0.2) is 22.4 Å². The zero-order valence-electron chi connectivity index (χ0n) is 9.45. The molecule has 1 rings (SSSR count). The molecular formula is C11H21N3. The van der Waals surface area contributed by atoms with Gasteiger partial charge in [-0.15, -0.1) is 0 Å². The average molecular weight is 195 g/mol. The molecule has 1 atom stereocenters. The molecule has 1 aromatic rings. The second-order valence-electron chi connectivity index (χ2n) is 3.79. The van der Waals surface area contributed by atoms with Gasteiger partial charge in [0.1, 0.15) is 0 Å². The summed E-state index contributed by atoms with van der Waals surface area (Å²) in [6.45, 7) is 5.53. The van der Waals surface area contributed by atoms with E-state index < -0.39 is 0 Å². The van der Waals surface area contributed by atoms with Crippen LogP contribution in [0.5, 0.6) is 0 Å². The summed E-state index contributed by atoms with van der Waals surface area (Å²) in [5.41, 5.74) is 1.32. The largest absolute Gasteiger partial charge is 0.314 e. The van der Waals surface area contributed by atoms with E-state index in [0.717, 1.165) is 13.0 Å². The predicted octanol–water partition coefficient (Wildman–Crippen LogP) is 1.74. The van der Waals surface area contributed by atoms with Gasteiger partial charge in [0.05, 0.1) is 6.20 Å². The van der Waals surface area contributed by atoms with Gasteiger partial charge in [-0.1, -0.05) is 13.8 Å². The second kappa shape index (κ2) is 5.81. The molecule has 1 heterocycles. The van der Waals surface area contributed by atoms with Gasteiger partial charge in [0.25, 0.3) is 0 Å². The maximum atomic E-state index is 4.17. The molecule has 0 fully saturated rings. The van der Waals surface area contributed by atoms with Gasteiger partial charge in [0.2, 0.25) is 0 Å². The first-order chi connectivity index (χ1) is 6.76. The summed E-state index contributed by atoms with van der Waals surface area (Å²) in [4.78, 5) is 0. The first-order valence-corrected chi connectivity index (χ1v) is 5.47. The standard InChI is InChI=1S/C11H21N3/c1-4-6-12-11(5-2)7-10-8-13-14(3)9-10/h8-9,11-12H,4-7H2,1-3H3. The van der Waals surface area contributed by atoms with Crippen molar-refractivity contribution in [2.45, 2.75) is 39.2 Å². The second-order valence-corrected chi connectivity index (χ2v) is 3.79. The van der Waals surface area contributed by atoms with Crippen LogP contribution in [0.15, 0.2) is 12.4 Å². The molecular weight excluding hydrogens is 174 g/mol. The molecule has 1 unspecified atom stereocenters. The number of nitrogens with zero attached hydrogens (tertiary/aromatic N) is 2. The van der Waals surface area contributed by atoms with Crippen molar-refractivity contribution in [3.8, 4) is 0 Å². The van der Waals surface area contributed by atoms with Gasteiger partial charge in [-0.25, -0.2) is 0 Å². The lowest BCUT2D eigenvalue weighted by atomic mass is 10.1. The summed E-state index contributed by atoms with van der Waals surface area (Å²) >= 11 is 0. The molecule has 0 saturated carbocycles. The Morgan fingerprint density at radius 2 is 2.29 bits per heavy atom. The predicted molar refractivity (Wildman–Crippen MR) is 59.3 cm³/mol. The molecule has 1 N–H and O–H groups in total. The number of hydrogen-bond acceptors (Lipinski definition) is 2. The summed E-state index contributed by atoms with van der Waals surface area (Å²) in [6, 6.07) is 0.596. The minimum Gasteiger partial charge on any atom is -0.314 e. The fourth-order valence-electron chi connectivity index (χ4n) is 1.57. The van der Waals surface area contributed by atoms with Gasteiger partial charge >= 0.3 is 0 Å². The van der Waals surface area contributed by atoms with Gasteiger partial charge < -0.3 is 5.32 Å². The van der Waals surface area contributed by atoms with Gasteiger partial charge in [-0.3, -0.25) is 4.68 Å². The van der Waals surface area contributed by atoms with E-state index in [2.05, 4.69) is 30.5 Å². The third kappa shape index (κ3) is 3.50. The Morgan fingerprint density at radius 3 is 2.79 bits per heavy atom. The van der Waals surface area contributed by atoms with Gasteiger partial charge in [-0.2, -0.15) is 5.10 Å². The summed E-state index contributed by atoms with van der Waals surface area (Å²) in [7, 11) is 1.96. The van der Waals surface area contributed by atoms with Crippen LogP contribution in [0.25, 0.3) is 0 Å². The summed E-state index contributed by atoms with van der Waals surface area (Å²) < 4.78 is 1.86. The highest BCUT2D eigenvalue weighted by molar-refractivity contribution is 5.05. The molecule has 1 aromatic heterocycles. The van der Waals surface area contributed by atoms with Gasteiger partial charge in [0.15, 0.2) is 0 Å². The number of rotatable bonds is 6. The molecule has 0 aliphatic rings. The fraction of sp³-hybridized carbons (Fsp3) is 0.727. The highest BCUT2D eigenvalue weighted by Crippen LogP contribution is 2.04. The topological polar surface area (TPSA) is 29.9 Å². The highest BCUT2D eigenvalue weighted by atomic mass is 15.2. The van der Waals surface area contributed by atoms with Crippen LogP contribution in [0.2, 0.25) is 0 Å². The van der Waals surface area contributed by atoms with E-state index in [1.807, 2.05) is 17.9 Å². The van der Waals surface area contributed by atoms with Crippen LogP contribution in [0.4, 0.5) is 0 Å². The van der Waals surface area contributed by atoms with Crippen molar-refractivity contribution in [3.63, 3.8) is 0 Å². The number of aromatic nitrogens is 2. The lowest BCUT2D eigenvalue weighted by molar-refractivity contribution is 0.494. The molecule has 3 nitrogen and oxygen atoms in total. The molecule has 80 valence electrons. The fourth-order valence-corrected chi connectivity index (χ4v) is 1.57. The summed E-state index contributed by atoms with van der Waals surface area (Å²) in [5.74, 6) is 0. The number of aryl methyl sites for hydroxylation is 1. The van der Waals surface area contributed by atoms with Gasteiger partial charge in [0, 0.05) is 19.3 Å².